The topological polar surface area (TPSA) is 12.4 Å². The second-order valence-electron chi connectivity index (χ2n) is 4.91. The summed E-state index contributed by atoms with van der Waals surface area (Å²) < 4.78 is 0. The lowest BCUT2D eigenvalue weighted by Gasteiger charge is -2.13. The summed E-state index contributed by atoms with van der Waals surface area (Å²) in [4.78, 5) is 4.45. The van der Waals surface area contributed by atoms with Gasteiger partial charge in [0.25, 0.3) is 0 Å². The number of rotatable bonds is 5. The quantitative estimate of drug-likeness (QED) is 0.438. The Bertz CT molecular complexity index is 338. The van der Waals surface area contributed by atoms with Crippen LogP contribution in [0, 0.1) is 6.92 Å². The number of hydrogen-bond donors (Lipinski definition) is 0. The predicted octanol–water partition coefficient (Wildman–Crippen LogP) is 3.98. The lowest BCUT2D eigenvalue weighted by atomic mass is 10.2. The van der Waals surface area contributed by atoms with Crippen molar-refractivity contribution in [2.24, 2.45) is 4.99 Å². The summed E-state index contributed by atoms with van der Waals surface area (Å²) in [5.41, 5.74) is 2.50. The first kappa shape index (κ1) is 13.5. The van der Waals surface area contributed by atoms with Gasteiger partial charge in [0.1, 0.15) is 7.22 Å². The molecule has 0 N–H and O–H groups in total. The van der Waals surface area contributed by atoms with Crippen LogP contribution in [0.15, 0.2) is 29.3 Å². The molecule has 0 amide bonds. The molecule has 0 bridgehead atoms. The summed E-state index contributed by atoms with van der Waals surface area (Å²) in [6.07, 6.45) is 1.98. The van der Waals surface area contributed by atoms with E-state index in [1.165, 1.54) is 11.1 Å². The third-order valence-corrected chi connectivity index (χ3v) is 6.54. The van der Waals surface area contributed by atoms with E-state index in [2.05, 4.69) is 67.0 Å². The number of benzene rings is 1. The van der Waals surface area contributed by atoms with E-state index in [1.807, 2.05) is 6.21 Å². The summed E-state index contributed by atoms with van der Waals surface area (Å²) in [6.45, 7) is 10.2. The van der Waals surface area contributed by atoms with E-state index in [0.29, 0.717) is 0 Å². The minimum Gasteiger partial charge on any atom is -0.292 e. The van der Waals surface area contributed by atoms with Gasteiger partial charge in [0.2, 0.25) is 0 Å². The standard InChI is InChI=1S/C13H21NSSi/c1-12-5-7-13(8-6-12)11-14-9-10-15-16(2,3)4/h5-8,11H,9-10H2,1-4H3. The highest BCUT2D eigenvalue weighted by molar-refractivity contribution is 8.28. The van der Waals surface area contributed by atoms with Gasteiger partial charge >= 0.3 is 0 Å². The third-order valence-electron chi connectivity index (χ3n) is 2.07. The van der Waals surface area contributed by atoms with Crippen LogP contribution in [-0.4, -0.2) is 25.7 Å². The Morgan fingerprint density at radius 1 is 1.19 bits per heavy atom. The van der Waals surface area contributed by atoms with E-state index in [1.54, 1.807) is 0 Å². The van der Waals surface area contributed by atoms with Crippen LogP contribution in [0.1, 0.15) is 11.1 Å². The van der Waals surface area contributed by atoms with E-state index < -0.39 is 7.22 Å². The molecule has 3 heteroatoms. The summed E-state index contributed by atoms with van der Waals surface area (Å²) in [6, 6.07) is 8.48. The predicted molar refractivity (Wildman–Crippen MR) is 79.4 cm³/mol. The van der Waals surface area contributed by atoms with Gasteiger partial charge in [-0.05, 0) is 12.5 Å². The Labute approximate surface area is 104 Å². The molecular formula is C13H21NSSi. The fourth-order valence-electron chi connectivity index (χ4n) is 1.23. The largest absolute Gasteiger partial charge is 0.292 e. The Balaban J connectivity index is 2.30. The van der Waals surface area contributed by atoms with Crippen molar-refractivity contribution in [3.05, 3.63) is 35.4 Å². The van der Waals surface area contributed by atoms with Crippen molar-refractivity contribution < 1.29 is 0 Å². The van der Waals surface area contributed by atoms with Gasteiger partial charge in [-0.15, -0.1) is 0 Å². The lowest BCUT2D eigenvalue weighted by molar-refractivity contribution is 1.16. The van der Waals surface area contributed by atoms with Gasteiger partial charge in [-0.3, -0.25) is 4.99 Å². The van der Waals surface area contributed by atoms with Crippen LogP contribution in [0.2, 0.25) is 19.6 Å². The van der Waals surface area contributed by atoms with Crippen molar-refractivity contribution in [3.8, 4) is 0 Å². The van der Waals surface area contributed by atoms with Crippen LogP contribution < -0.4 is 0 Å². The fourth-order valence-corrected chi connectivity index (χ4v) is 4.15. The minimum atomic E-state index is -0.951. The molecular weight excluding hydrogens is 230 g/mol. The van der Waals surface area contributed by atoms with Crippen LogP contribution in [0.5, 0.6) is 0 Å². The zero-order chi connectivity index (χ0) is 12.0. The molecule has 0 unspecified atom stereocenters. The number of aryl methyl sites for hydroxylation is 1. The molecule has 0 aliphatic rings. The minimum absolute atomic E-state index is 0.933. The van der Waals surface area contributed by atoms with Crippen molar-refractivity contribution in [2.75, 3.05) is 12.3 Å². The molecule has 0 fully saturated rings. The highest BCUT2D eigenvalue weighted by Gasteiger charge is 2.11. The van der Waals surface area contributed by atoms with Crippen molar-refractivity contribution in [1.29, 1.82) is 0 Å². The molecule has 0 aliphatic heterocycles. The van der Waals surface area contributed by atoms with Crippen LogP contribution in [0.25, 0.3) is 0 Å². The maximum absolute atomic E-state index is 4.45. The maximum atomic E-state index is 4.45. The van der Waals surface area contributed by atoms with Gasteiger partial charge < -0.3 is 0 Å². The van der Waals surface area contributed by atoms with Gasteiger partial charge in [-0.2, -0.15) is 11.2 Å². The fraction of sp³-hybridized carbons (Fsp3) is 0.462. The van der Waals surface area contributed by atoms with Gasteiger partial charge in [-0.1, -0.05) is 49.5 Å². The monoisotopic (exact) mass is 251 g/mol. The summed E-state index contributed by atoms with van der Waals surface area (Å²) in [5, 5.41) is 0. The van der Waals surface area contributed by atoms with Crippen molar-refractivity contribution in [2.45, 2.75) is 26.6 Å². The Kier molecular flexibility index (Phi) is 5.29. The molecule has 1 rings (SSSR count). The molecule has 0 heterocycles. The van der Waals surface area contributed by atoms with E-state index in [4.69, 9.17) is 0 Å². The molecule has 0 saturated heterocycles. The molecule has 1 nitrogen and oxygen atoms in total. The summed E-state index contributed by atoms with van der Waals surface area (Å²) >= 11 is 2.10. The normalized spacial score (nSPS) is 12.2. The second-order valence-corrected chi connectivity index (χ2v) is 14.4. The zero-order valence-electron chi connectivity index (χ0n) is 10.7. The molecule has 0 aliphatic carbocycles. The Hall–Kier alpha value is -0.543. The van der Waals surface area contributed by atoms with Gasteiger partial charge in [0.15, 0.2) is 0 Å². The molecule has 0 aromatic heterocycles. The number of aliphatic imine (C=N–C) groups is 1. The van der Waals surface area contributed by atoms with Crippen LogP contribution in [0.4, 0.5) is 0 Å². The van der Waals surface area contributed by atoms with Crippen molar-refractivity contribution in [1.82, 2.24) is 0 Å². The zero-order valence-corrected chi connectivity index (χ0v) is 12.5. The highest BCUT2D eigenvalue weighted by Crippen LogP contribution is 2.18. The number of nitrogens with zero attached hydrogens (tertiary/aromatic N) is 1. The average Bonchev–Trinajstić information content (AvgIpc) is 2.19. The van der Waals surface area contributed by atoms with Crippen LogP contribution in [-0.2, 0) is 0 Å². The first-order valence-electron chi connectivity index (χ1n) is 5.68. The van der Waals surface area contributed by atoms with E-state index in [9.17, 15) is 0 Å². The second kappa shape index (κ2) is 6.26. The van der Waals surface area contributed by atoms with Gasteiger partial charge in [0.05, 0.1) is 0 Å². The lowest BCUT2D eigenvalue weighted by Crippen LogP contribution is -2.15. The summed E-state index contributed by atoms with van der Waals surface area (Å²) in [7, 11) is -0.951. The van der Waals surface area contributed by atoms with E-state index >= 15 is 0 Å². The Morgan fingerprint density at radius 3 is 2.38 bits per heavy atom. The molecule has 16 heavy (non-hydrogen) atoms. The maximum Gasteiger partial charge on any atom is 0.108 e. The van der Waals surface area contributed by atoms with Crippen molar-refractivity contribution >= 4 is 24.6 Å². The van der Waals surface area contributed by atoms with Crippen LogP contribution in [0.3, 0.4) is 0 Å². The average molecular weight is 251 g/mol. The van der Waals surface area contributed by atoms with Crippen LogP contribution >= 0.6 is 11.2 Å². The highest BCUT2D eigenvalue weighted by atomic mass is 32.4. The summed E-state index contributed by atoms with van der Waals surface area (Å²) in [5.74, 6) is 1.15. The molecule has 0 atom stereocenters. The SMILES string of the molecule is Cc1ccc(C=NCCS[Si](C)(C)C)cc1. The third kappa shape index (κ3) is 6.13. The van der Waals surface area contributed by atoms with E-state index in [0.717, 1.165) is 12.3 Å². The number of hydrogen-bond acceptors (Lipinski definition) is 2. The molecule has 0 saturated carbocycles. The van der Waals surface area contributed by atoms with Gasteiger partial charge in [0, 0.05) is 18.5 Å². The molecule has 1 aromatic carbocycles. The van der Waals surface area contributed by atoms with Crippen molar-refractivity contribution in [3.63, 3.8) is 0 Å². The first-order chi connectivity index (χ1) is 7.47. The van der Waals surface area contributed by atoms with Gasteiger partial charge in [-0.25, -0.2) is 0 Å². The first-order valence-corrected chi connectivity index (χ1v) is 10.9. The smallest absolute Gasteiger partial charge is 0.108 e. The molecule has 0 radical (unpaired) electrons. The molecule has 1 aromatic rings. The van der Waals surface area contributed by atoms with E-state index in [-0.39, 0.29) is 0 Å². The molecule has 88 valence electrons. The molecule has 0 spiro atoms. The Morgan fingerprint density at radius 2 is 1.81 bits per heavy atom.